The number of H-pyrrole nitrogens is 1. The maximum Gasteiger partial charge on any atom is 0.337 e. The number of carbonyl (C=O) groups excluding carboxylic acids is 2. The van der Waals surface area contributed by atoms with Gasteiger partial charge in [-0.25, -0.2) is 4.79 Å². The van der Waals surface area contributed by atoms with Crippen LogP contribution in [0.4, 0.5) is 0 Å². The summed E-state index contributed by atoms with van der Waals surface area (Å²) in [7, 11) is 1.30. The molecule has 2 rings (SSSR count). The first-order chi connectivity index (χ1) is 12.9. The van der Waals surface area contributed by atoms with Crippen molar-refractivity contribution in [3.8, 4) is 6.07 Å². The number of aromatic amines is 1. The number of aryl methyl sites for hydroxylation is 1. The predicted octanol–water partition coefficient (Wildman–Crippen LogP) is 2.33. The Labute approximate surface area is 156 Å². The van der Waals surface area contributed by atoms with Crippen LogP contribution < -0.4 is 5.56 Å². The maximum atomic E-state index is 12.1. The number of benzene rings is 1. The van der Waals surface area contributed by atoms with Gasteiger partial charge in [0.25, 0.3) is 5.56 Å². The Morgan fingerprint density at radius 2 is 2.00 bits per heavy atom. The number of hydrogen-bond acceptors (Lipinski definition) is 6. The molecule has 0 amide bonds. The molecule has 27 heavy (non-hydrogen) atoms. The average Bonchev–Trinajstić information content (AvgIpc) is 2.65. The molecule has 0 bridgehead atoms. The first-order valence-corrected chi connectivity index (χ1v) is 8.32. The van der Waals surface area contributed by atoms with Gasteiger partial charge < -0.3 is 14.5 Å². The van der Waals surface area contributed by atoms with E-state index in [0.717, 1.165) is 5.56 Å². The summed E-state index contributed by atoms with van der Waals surface area (Å²) in [4.78, 5) is 37.9. The summed E-state index contributed by atoms with van der Waals surface area (Å²) >= 11 is 0. The lowest BCUT2D eigenvalue weighted by molar-refractivity contribution is -0.144. The Morgan fingerprint density at radius 3 is 2.67 bits per heavy atom. The van der Waals surface area contributed by atoms with E-state index in [2.05, 4.69) is 9.72 Å². The first kappa shape index (κ1) is 19.9. The monoisotopic (exact) mass is 368 g/mol. The fourth-order valence-corrected chi connectivity index (χ4v) is 2.79. The van der Waals surface area contributed by atoms with Gasteiger partial charge in [-0.3, -0.25) is 9.59 Å². The highest BCUT2D eigenvalue weighted by Gasteiger charge is 2.14. The van der Waals surface area contributed by atoms with Crippen LogP contribution in [0.1, 0.15) is 44.7 Å². The van der Waals surface area contributed by atoms with E-state index in [0.29, 0.717) is 28.8 Å². The van der Waals surface area contributed by atoms with Crippen molar-refractivity contribution in [2.45, 2.75) is 33.3 Å². The molecule has 0 atom stereocenters. The van der Waals surface area contributed by atoms with Crippen LogP contribution in [0.5, 0.6) is 0 Å². The minimum absolute atomic E-state index is 0.0384. The van der Waals surface area contributed by atoms with Crippen molar-refractivity contribution in [2.75, 3.05) is 7.11 Å². The number of nitrogens with zero attached hydrogens (tertiary/aromatic N) is 1. The van der Waals surface area contributed by atoms with Crippen LogP contribution in [0.15, 0.2) is 29.1 Å². The van der Waals surface area contributed by atoms with Crippen LogP contribution in [-0.2, 0) is 27.3 Å². The largest absolute Gasteiger partial charge is 0.465 e. The summed E-state index contributed by atoms with van der Waals surface area (Å²) < 4.78 is 9.91. The molecule has 0 saturated heterocycles. The third kappa shape index (κ3) is 4.82. The van der Waals surface area contributed by atoms with Crippen LogP contribution in [0.2, 0.25) is 0 Å². The molecule has 0 aliphatic heterocycles. The lowest BCUT2D eigenvalue weighted by Crippen LogP contribution is -2.17. The summed E-state index contributed by atoms with van der Waals surface area (Å²) in [6.07, 6.45) is 0.458. The van der Waals surface area contributed by atoms with Crippen molar-refractivity contribution >= 4 is 11.9 Å². The van der Waals surface area contributed by atoms with Gasteiger partial charge in [-0.15, -0.1) is 0 Å². The van der Waals surface area contributed by atoms with Crippen LogP contribution in [0.25, 0.3) is 0 Å². The molecule has 7 nitrogen and oxygen atoms in total. The van der Waals surface area contributed by atoms with E-state index in [4.69, 9.17) is 10.00 Å². The Balaban J connectivity index is 1.99. The molecule has 1 aromatic heterocycles. The molecule has 7 heteroatoms. The van der Waals surface area contributed by atoms with Crippen molar-refractivity contribution in [3.63, 3.8) is 0 Å². The van der Waals surface area contributed by atoms with E-state index in [1.54, 1.807) is 38.1 Å². The standard InChI is InChI=1S/C20H20N2O5/c1-12-16(13(2)22-19(24)17(12)10-21)7-8-18(23)27-11-14-5-4-6-15(9-14)20(25)26-3/h4-6,9H,7-8,11H2,1-3H3,(H,22,24). The predicted molar refractivity (Wildman–Crippen MR) is 97.2 cm³/mol. The molecule has 0 saturated carbocycles. The van der Waals surface area contributed by atoms with E-state index >= 15 is 0 Å². The highest BCUT2D eigenvalue weighted by atomic mass is 16.5. The van der Waals surface area contributed by atoms with Crippen LogP contribution >= 0.6 is 0 Å². The Bertz CT molecular complexity index is 969. The molecule has 2 aromatic rings. The quantitative estimate of drug-likeness (QED) is 0.784. The lowest BCUT2D eigenvalue weighted by atomic mass is 9.99. The van der Waals surface area contributed by atoms with Crippen molar-refractivity contribution in [2.24, 2.45) is 0 Å². The van der Waals surface area contributed by atoms with E-state index < -0.39 is 17.5 Å². The molecule has 0 fully saturated rings. The van der Waals surface area contributed by atoms with Gasteiger partial charge in [0.2, 0.25) is 0 Å². The first-order valence-electron chi connectivity index (χ1n) is 8.32. The van der Waals surface area contributed by atoms with Crippen molar-refractivity contribution in [1.82, 2.24) is 4.98 Å². The second-order valence-corrected chi connectivity index (χ2v) is 6.02. The van der Waals surface area contributed by atoms with Gasteiger partial charge >= 0.3 is 11.9 Å². The number of aromatic nitrogens is 1. The van der Waals surface area contributed by atoms with Gasteiger partial charge in [-0.2, -0.15) is 5.26 Å². The van der Waals surface area contributed by atoms with Gasteiger partial charge in [-0.05, 0) is 49.1 Å². The topological polar surface area (TPSA) is 109 Å². The van der Waals surface area contributed by atoms with Gasteiger partial charge in [-0.1, -0.05) is 12.1 Å². The number of methoxy groups -OCH3 is 1. The summed E-state index contributed by atoms with van der Waals surface area (Å²) in [5.41, 5.74) is 2.67. The third-order valence-corrected chi connectivity index (χ3v) is 4.25. The van der Waals surface area contributed by atoms with Gasteiger partial charge in [0.05, 0.1) is 12.7 Å². The van der Waals surface area contributed by atoms with E-state index in [-0.39, 0.29) is 18.6 Å². The highest BCUT2D eigenvalue weighted by molar-refractivity contribution is 5.89. The molecule has 1 aromatic carbocycles. The fraction of sp³-hybridized carbons (Fsp3) is 0.300. The molecule has 0 spiro atoms. The Hall–Kier alpha value is -3.40. The van der Waals surface area contributed by atoms with E-state index in [1.807, 2.05) is 6.07 Å². The molecule has 0 aliphatic rings. The van der Waals surface area contributed by atoms with E-state index in [1.165, 1.54) is 7.11 Å². The van der Waals surface area contributed by atoms with Crippen molar-refractivity contribution < 1.29 is 19.1 Å². The summed E-state index contributed by atoms with van der Waals surface area (Å²) in [6.45, 7) is 3.46. The number of hydrogen-bond donors (Lipinski definition) is 1. The number of nitrogens with one attached hydrogen (secondary N) is 1. The Morgan fingerprint density at radius 1 is 1.26 bits per heavy atom. The molecule has 0 unspecified atom stereocenters. The summed E-state index contributed by atoms with van der Waals surface area (Å²) in [6, 6.07) is 8.54. The zero-order valence-corrected chi connectivity index (χ0v) is 15.4. The maximum absolute atomic E-state index is 12.1. The summed E-state index contributed by atoms with van der Waals surface area (Å²) in [5, 5.41) is 9.09. The molecule has 0 aliphatic carbocycles. The van der Waals surface area contributed by atoms with Crippen molar-refractivity contribution in [3.05, 3.63) is 68.1 Å². The van der Waals surface area contributed by atoms with Crippen LogP contribution in [-0.4, -0.2) is 24.0 Å². The minimum atomic E-state index is -0.458. The summed E-state index contributed by atoms with van der Waals surface area (Å²) in [5.74, 6) is -0.873. The SMILES string of the molecule is COC(=O)c1cccc(COC(=O)CCc2c(C)[nH]c(=O)c(C#N)c2C)c1. The third-order valence-electron chi connectivity index (χ3n) is 4.25. The number of nitriles is 1. The lowest BCUT2D eigenvalue weighted by Gasteiger charge is -2.11. The van der Waals surface area contributed by atoms with Crippen molar-refractivity contribution in [1.29, 1.82) is 5.26 Å². The molecular weight excluding hydrogens is 348 g/mol. The fourth-order valence-electron chi connectivity index (χ4n) is 2.79. The van der Waals surface area contributed by atoms with Crippen LogP contribution in [0, 0.1) is 25.2 Å². The number of rotatable bonds is 6. The molecule has 1 heterocycles. The van der Waals surface area contributed by atoms with Gasteiger partial charge in [0.15, 0.2) is 0 Å². The van der Waals surface area contributed by atoms with Gasteiger partial charge in [0.1, 0.15) is 18.2 Å². The number of ether oxygens (including phenoxy) is 2. The van der Waals surface area contributed by atoms with Crippen LogP contribution in [0.3, 0.4) is 0 Å². The normalized spacial score (nSPS) is 10.1. The number of carbonyl (C=O) groups is 2. The Kier molecular flexibility index (Phi) is 6.50. The number of pyridine rings is 1. The zero-order chi connectivity index (χ0) is 20.0. The van der Waals surface area contributed by atoms with E-state index in [9.17, 15) is 14.4 Å². The zero-order valence-electron chi connectivity index (χ0n) is 15.4. The highest BCUT2D eigenvalue weighted by Crippen LogP contribution is 2.15. The molecule has 0 radical (unpaired) electrons. The van der Waals surface area contributed by atoms with Gasteiger partial charge in [0, 0.05) is 12.1 Å². The molecular formula is C20H20N2O5. The second kappa shape index (κ2) is 8.81. The number of esters is 2. The second-order valence-electron chi connectivity index (χ2n) is 6.02. The average molecular weight is 368 g/mol. The molecule has 140 valence electrons. The smallest absolute Gasteiger partial charge is 0.337 e. The molecule has 1 N–H and O–H groups in total. The minimum Gasteiger partial charge on any atom is -0.465 e.